The Hall–Kier alpha value is -1.68. The molecule has 22 heavy (non-hydrogen) atoms. The molecule has 1 aromatic heterocycles. The van der Waals surface area contributed by atoms with Crippen molar-refractivity contribution in [2.24, 2.45) is 0 Å². The van der Waals surface area contributed by atoms with Gasteiger partial charge in [0.05, 0.1) is 23.5 Å². The molecule has 0 fully saturated rings. The van der Waals surface area contributed by atoms with Crippen molar-refractivity contribution in [1.29, 1.82) is 0 Å². The van der Waals surface area contributed by atoms with Crippen LogP contribution in [0.4, 0.5) is 13.2 Å². The quantitative estimate of drug-likeness (QED) is 0.822. The summed E-state index contributed by atoms with van der Waals surface area (Å²) in [4.78, 5) is 14.9. The second kappa shape index (κ2) is 6.61. The second-order valence-electron chi connectivity index (χ2n) is 4.51. The van der Waals surface area contributed by atoms with Crippen LogP contribution in [0.3, 0.4) is 0 Å². The molecule has 10 heteroatoms. The largest absolute Gasteiger partial charge is 0.478 e. The van der Waals surface area contributed by atoms with Gasteiger partial charge in [0.1, 0.15) is 0 Å². The van der Waals surface area contributed by atoms with Crippen LogP contribution >= 0.6 is 0 Å². The molecule has 0 saturated carbocycles. The van der Waals surface area contributed by atoms with E-state index in [9.17, 15) is 26.4 Å². The number of hydrogen-bond donors (Lipinski definition) is 2. The van der Waals surface area contributed by atoms with Gasteiger partial charge in [-0.2, -0.15) is 13.2 Å². The van der Waals surface area contributed by atoms with Crippen molar-refractivity contribution in [2.45, 2.75) is 38.2 Å². The fourth-order valence-corrected chi connectivity index (χ4v) is 2.54. The molecule has 0 aliphatic heterocycles. The van der Waals surface area contributed by atoms with Crippen LogP contribution in [0.2, 0.25) is 0 Å². The average Bonchev–Trinajstić information content (AvgIpc) is 2.42. The highest BCUT2D eigenvalue weighted by Gasteiger charge is 2.44. The third kappa shape index (κ3) is 4.41. The molecule has 0 aromatic carbocycles. The number of nitrogens with one attached hydrogen (secondary N) is 1. The highest BCUT2D eigenvalue weighted by Crippen LogP contribution is 2.25. The Balaban J connectivity index is 2.91. The van der Waals surface area contributed by atoms with E-state index < -0.39 is 34.0 Å². The molecule has 1 rings (SSSR count). The minimum absolute atomic E-state index is 0.0298. The lowest BCUT2D eigenvalue weighted by molar-refractivity contribution is -0.127. The number of hydrogen-bond acceptors (Lipinski definition) is 4. The fourth-order valence-electron chi connectivity index (χ4n) is 1.58. The molecule has 2 N–H and O–H groups in total. The molecule has 124 valence electrons. The first-order valence-corrected chi connectivity index (χ1v) is 7.81. The number of alkyl halides is 3. The third-order valence-electron chi connectivity index (χ3n) is 2.98. The van der Waals surface area contributed by atoms with E-state index in [0.717, 1.165) is 0 Å². The van der Waals surface area contributed by atoms with Crippen LogP contribution in [0.25, 0.3) is 0 Å². The summed E-state index contributed by atoms with van der Waals surface area (Å²) in [5.41, 5.74) is 0.339. The maximum atomic E-state index is 12.4. The number of carboxylic acids is 1. The number of pyridine rings is 1. The van der Waals surface area contributed by atoms with E-state index in [1.807, 2.05) is 4.72 Å². The molecule has 0 spiro atoms. The van der Waals surface area contributed by atoms with Crippen molar-refractivity contribution in [3.63, 3.8) is 0 Å². The lowest BCUT2D eigenvalue weighted by Crippen LogP contribution is -2.41. The van der Waals surface area contributed by atoms with Crippen molar-refractivity contribution in [1.82, 2.24) is 9.71 Å². The van der Waals surface area contributed by atoms with Crippen molar-refractivity contribution >= 4 is 16.0 Å². The molecule has 0 saturated heterocycles. The summed E-state index contributed by atoms with van der Waals surface area (Å²) in [7, 11) is -4.59. The van der Waals surface area contributed by atoms with Crippen LogP contribution in [0.5, 0.6) is 0 Å². The van der Waals surface area contributed by atoms with E-state index in [4.69, 9.17) is 5.11 Å². The maximum absolute atomic E-state index is 12.4. The van der Waals surface area contributed by atoms with Gasteiger partial charge < -0.3 is 5.11 Å². The number of halogens is 3. The molecular formula is C12H15F3N2O4S. The number of aromatic carboxylic acids is 1. The Kier molecular flexibility index (Phi) is 5.52. The molecule has 0 bridgehead atoms. The number of sulfonamides is 1. The first kappa shape index (κ1) is 18.4. The molecule has 6 nitrogen and oxygen atoms in total. The maximum Gasteiger partial charge on any atom is 0.406 e. The van der Waals surface area contributed by atoms with Gasteiger partial charge in [-0.05, 0) is 25.5 Å². The van der Waals surface area contributed by atoms with Crippen molar-refractivity contribution in [3.8, 4) is 0 Å². The molecule has 1 atom stereocenters. The van der Waals surface area contributed by atoms with Crippen LogP contribution in [-0.4, -0.2) is 35.9 Å². The summed E-state index contributed by atoms with van der Waals surface area (Å²) >= 11 is 0. The topological polar surface area (TPSA) is 96.4 Å². The molecule has 0 aliphatic rings. The number of aryl methyl sites for hydroxylation is 1. The first-order valence-electron chi connectivity index (χ1n) is 6.26. The minimum atomic E-state index is -4.87. The Morgan fingerprint density at radius 1 is 1.41 bits per heavy atom. The van der Waals surface area contributed by atoms with Crippen molar-refractivity contribution in [3.05, 3.63) is 29.1 Å². The van der Waals surface area contributed by atoms with E-state index in [-0.39, 0.29) is 17.0 Å². The molecule has 0 radical (unpaired) electrons. The smallest absolute Gasteiger partial charge is 0.406 e. The number of carboxylic acid groups (broad SMARTS) is 1. The standard InChI is InChI=1S/C12H15F3N2O4S/c1-3-10-9(11(18)19)5-4-8(17-10)6-16-22(20,21)7(2)12(13,14)15/h4-5,7,16H,3,6H2,1-2H3,(H,18,19). The highest BCUT2D eigenvalue weighted by molar-refractivity contribution is 7.90. The van der Waals surface area contributed by atoms with Gasteiger partial charge in [0.25, 0.3) is 0 Å². The van der Waals surface area contributed by atoms with Gasteiger partial charge in [0.2, 0.25) is 10.0 Å². The zero-order valence-corrected chi connectivity index (χ0v) is 12.6. The van der Waals surface area contributed by atoms with Crippen LogP contribution in [-0.2, 0) is 23.0 Å². The number of rotatable bonds is 6. The fraction of sp³-hybridized carbons (Fsp3) is 0.500. The van der Waals surface area contributed by atoms with Gasteiger partial charge in [-0.1, -0.05) is 6.92 Å². The average molecular weight is 340 g/mol. The van der Waals surface area contributed by atoms with Crippen molar-refractivity contribution in [2.75, 3.05) is 0 Å². The van der Waals surface area contributed by atoms with E-state index >= 15 is 0 Å². The molecule has 0 aliphatic carbocycles. The third-order valence-corrected chi connectivity index (χ3v) is 4.72. The lowest BCUT2D eigenvalue weighted by atomic mass is 10.1. The summed E-state index contributed by atoms with van der Waals surface area (Å²) in [6.07, 6.45) is -4.58. The highest BCUT2D eigenvalue weighted by atomic mass is 32.2. The molecular weight excluding hydrogens is 325 g/mol. The predicted molar refractivity (Wildman–Crippen MR) is 71.9 cm³/mol. The SMILES string of the molecule is CCc1nc(CNS(=O)(=O)C(C)C(F)(F)F)ccc1C(=O)O. The summed E-state index contributed by atoms with van der Waals surface area (Å²) < 4.78 is 62.2. The Morgan fingerprint density at radius 2 is 2.00 bits per heavy atom. The summed E-state index contributed by atoms with van der Waals surface area (Å²) in [5, 5.41) is 6.38. The number of aromatic nitrogens is 1. The van der Waals surface area contributed by atoms with Crippen LogP contribution < -0.4 is 4.72 Å². The van der Waals surface area contributed by atoms with Gasteiger partial charge in [-0.25, -0.2) is 17.9 Å². The zero-order valence-electron chi connectivity index (χ0n) is 11.8. The van der Waals surface area contributed by atoms with Gasteiger partial charge in [0.15, 0.2) is 5.25 Å². The molecule has 1 aromatic rings. The monoisotopic (exact) mass is 340 g/mol. The molecule has 1 heterocycles. The van der Waals surface area contributed by atoms with E-state index in [1.165, 1.54) is 12.1 Å². The van der Waals surface area contributed by atoms with Gasteiger partial charge in [-0.15, -0.1) is 0 Å². The van der Waals surface area contributed by atoms with Gasteiger partial charge in [-0.3, -0.25) is 4.98 Å². The summed E-state index contributed by atoms with van der Waals surface area (Å²) in [6.45, 7) is 1.75. The Bertz CT molecular complexity index is 659. The van der Waals surface area contributed by atoms with Gasteiger partial charge in [0, 0.05) is 0 Å². The Morgan fingerprint density at radius 3 is 2.45 bits per heavy atom. The van der Waals surface area contributed by atoms with Crippen LogP contribution in [0, 0.1) is 0 Å². The predicted octanol–water partition coefficient (Wildman–Crippen LogP) is 1.71. The first-order chi connectivity index (χ1) is 9.99. The van der Waals surface area contributed by atoms with E-state index in [0.29, 0.717) is 13.3 Å². The Labute approximate surface area is 125 Å². The van der Waals surface area contributed by atoms with Crippen LogP contribution in [0.1, 0.15) is 35.6 Å². The lowest BCUT2D eigenvalue weighted by Gasteiger charge is -2.16. The van der Waals surface area contributed by atoms with Gasteiger partial charge >= 0.3 is 12.1 Å². The normalized spacial score (nSPS) is 13.9. The number of carbonyl (C=O) groups is 1. The van der Waals surface area contributed by atoms with Crippen molar-refractivity contribution < 1.29 is 31.5 Å². The summed E-state index contributed by atoms with van der Waals surface area (Å²) in [5.74, 6) is -1.18. The van der Waals surface area contributed by atoms with E-state index in [2.05, 4.69) is 4.98 Å². The molecule has 0 amide bonds. The second-order valence-corrected chi connectivity index (χ2v) is 6.59. The summed E-state index contributed by atoms with van der Waals surface area (Å²) in [6, 6.07) is 2.49. The molecule has 1 unspecified atom stereocenters. The zero-order chi connectivity index (χ0) is 17.1. The minimum Gasteiger partial charge on any atom is -0.478 e. The number of nitrogens with zero attached hydrogens (tertiary/aromatic N) is 1. The van der Waals surface area contributed by atoms with Crippen LogP contribution in [0.15, 0.2) is 12.1 Å². The van der Waals surface area contributed by atoms with E-state index in [1.54, 1.807) is 6.92 Å².